The summed E-state index contributed by atoms with van der Waals surface area (Å²) >= 11 is 0. The van der Waals surface area contributed by atoms with E-state index in [1.54, 1.807) is 18.4 Å². The van der Waals surface area contributed by atoms with E-state index in [9.17, 15) is 9.90 Å². The fourth-order valence-electron chi connectivity index (χ4n) is 1.79. The van der Waals surface area contributed by atoms with Gasteiger partial charge in [-0.25, -0.2) is 0 Å². The number of hydrogen-bond donors (Lipinski definition) is 2. The zero-order valence-electron chi connectivity index (χ0n) is 8.80. The van der Waals surface area contributed by atoms with E-state index in [4.69, 9.17) is 9.52 Å². The van der Waals surface area contributed by atoms with Gasteiger partial charge in [0.15, 0.2) is 0 Å². The Morgan fingerprint density at radius 3 is 2.94 bits per heavy atom. The molecule has 2 aromatic rings. The first-order valence-electron chi connectivity index (χ1n) is 5.00. The number of rotatable bonds is 3. The quantitative estimate of drug-likeness (QED) is 0.834. The molecule has 0 fully saturated rings. The summed E-state index contributed by atoms with van der Waals surface area (Å²) < 4.78 is 5.28. The van der Waals surface area contributed by atoms with Gasteiger partial charge >= 0.3 is 5.97 Å². The van der Waals surface area contributed by atoms with E-state index in [1.807, 2.05) is 6.92 Å². The Morgan fingerprint density at radius 2 is 2.25 bits per heavy atom. The van der Waals surface area contributed by atoms with Crippen LogP contribution in [0.15, 0.2) is 28.9 Å². The Bertz CT molecular complexity index is 527. The highest BCUT2D eigenvalue weighted by Gasteiger charge is 2.15. The molecule has 16 heavy (non-hydrogen) atoms. The van der Waals surface area contributed by atoms with E-state index in [2.05, 4.69) is 0 Å². The van der Waals surface area contributed by atoms with Gasteiger partial charge in [0, 0.05) is 17.0 Å². The van der Waals surface area contributed by atoms with Crippen molar-refractivity contribution in [2.24, 2.45) is 0 Å². The summed E-state index contributed by atoms with van der Waals surface area (Å²) in [6.07, 6.45) is 1.62. The van der Waals surface area contributed by atoms with Crippen molar-refractivity contribution in [1.29, 1.82) is 0 Å². The van der Waals surface area contributed by atoms with Gasteiger partial charge in [0.25, 0.3) is 0 Å². The number of aromatic hydroxyl groups is 1. The van der Waals surface area contributed by atoms with Gasteiger partial charge < -0.3 is 14.6 Å². The maximum Gasteiger partial charge on any atom is 0.303 e. The lowest BCUT2D eigenvalue weighted by Gasteiger charge is -2.05. The Kier molecular flexibility index (Phi) is 2.56. The van der Waals surface area contributed by atoms with Crippen molar-refractivity contribution in [2.75, 3.05) is 0 Å². The second-order valence-corrected chi connectivity index (χ2v) is 3.87. The van der Waals surface area contributed by atoms with Gasteiger partial charge in [0.1, 0.15) is 11.3 Å². The average molecular weight is 220 g/mol. The van der Waals surface area contributed by atoms with Crippen LogP contribution in [0.3, 0.4) is 0 Å². The standard InChI is InChI=1S/C12H12O4/c1-7(4-12(14)15)10-6-16-11-5-8(13)2-3-9(10)11/h2-3,5-7,13H,4H2,1H3,(H,14,15). The van der Waals surface area contributed by atoms with Crippen molar-refractivity contribution in [3.8, 4) is 5.75 Å². The molecule has 4 nitrogen and oxygen atoms in total. The molecule has 0 aliphatic rings. The molecule has 0 saturated heterocycles. The largest absolute Gasteiger partial charge is 0.508 e. The van der Waals surface area contributed by atoms with Crippen LogP contribution in [0.25, 0.3) is 11.0 Å². The molecule has 0 bridgehead atoms. The van der Waals surface area contributed by atoms with E-state index < -0.39 is 5.97 Å². The molecule has 0 aliphatic heterocycles. The molecule has 1 aromatic carbocycles. The molecule has 2 rings (SSSR count). The van der Waals surface area contributed by atoms with Gasteiger partial charge in [-0.3, -0.25) is 4.79 Å². The smallest absolute Gasteiger partial charge is 0.303 e. The van der Waals surface area contributed by atoms with Crippen LogP contribution in [0.2, 0.25) is 0 Å². The molecular weight excluding hydrogens is 208 g/mol. The summed E-state index contributed by atoms with van der Waals surface area (Å²) in [6, 6.07) is 4.82. The molecule has 1 heterocycles. The number of aliphatic carboxylic acids is 1. The summed E-state index contributed by atoms with van der Waals surface area (Å²) in [6.45, 7) is 1.84. The van der Waals surface area contributed by atoms with Crippen LogP contribution in [0.5, 0.6) is 5.75 Å². The minimum absolute atomic E-state index is 0.0650. The molecule has 1 atom stereocenters. The molecule has 84 valence electrons. The van der Waals surface area contributed by atoms with Gasteiger partial charge in [0.05, 0.1) is 12.7 Å². The van der Waals surface area contributed by atoms with Crippen LogP contribution in [0.1, 0.15) is 24.8 Å². The maximum absolute atomic E-state index is 10.6. The fourth-order valence-corrected chi connectivity index (χ4v) is 1.79. The summed E-state index contributed by atoms with van der Waals surface area (Å²) in [5.74, 6) is -0.803. The fraction of sp³-hybridized carbons (Fsp3) is 0.250. The predicted molar refractivity (Wildman–Crippen MR) is 58.5 cm³/mol. The van der Waals surface area contributed by atoms with Crippen LogP contribution >= 0.6 is 0 Å². The second kappa shape index (κ2) is 3.89. The van der Waals surface area contributed by atoms with Crippen LogP contribution in [0.4, 0.5) is 0 Å². The molecular formula is C12H12O4. The lowest BCUT2D eigenvalue weighted by Crippen LogP contribution is -2.02. The Hall–Kier alpha value is -1.97. The van der Waals surface area contributed by atoms with E-state index in [1.165, 1.54) is 6.07 Å². The molecule has 2 N–H and O–H groups in total. The van der Waals surface area contributed by atoms with Crippen LogP contribution in [-0.4, -0.2) is 16.2 Å². The van der Waals surface area contributed by atoms with Gasteiger partial charge in [-0.05, 0) is 18.1 Å². The molecule has 0 radical (unpaired) electrons. The van der Waals surface area contributed by atoms with Crippen molar-refractivity contribution in [3.63, 3.8) is 0 Å². The number of carboxylic acids is 1. The first kappa shape index (κ1) is 10.5. The highest BCUT2D eigenvalue weighted by molar-refractivity contribution is 5.83. The van der Waals surface area contributed by atoms with E-state index in [-0.39, 0.29) is 18.1 Å². The number of fused-ring (bicyclic) bond motifs is 1. The molecule has 1 unspecified atom stereocenters. The molecule has 0 aliphatic carbocycles. The predicted octanol–water partition coefficient (Wildman–Crippen LogP) is 2.72. The summed E-state index contributed by atoms with van der Waals surface area (Å²) in [4.78, 5) is 10.6. The molecule has 4 heteroatoms. The van der Waals surface area contributed by atoms with Crippen molar-refractivity contribution in [1.82, 2.24) is 0 Å². The summed E-state index contributed by atoms with van der Waals surface area (Å²) in [7, 11) is 0. The van der Waals surface area contributed by atoms with Crippen molar-refractivity contribution >= 4 is 16.9 Å². The average Bonchev–Trinajstić information content (AvgIpc) is 2.59. The third kappa shape index (κ3) is 1.86. The van der Waals surface area contributed by atoms with Crippen molar-refractivity contribution < 1.29 is 19.4 Å². The van der Waals surface area contributed by atoms with E-state index in [0.29, 0.717) is 5.58 Å². The molecule has 1 aromatic heterocycles. The van der Waals surface area contributed by atoms with Crippen LogP contribution < -0.4 is 0 Å². The van der Waals surface area contributed by atoms with Crippen molar-refractivity contribution in [3.05, 3.63) is 30.0 Å². The number of carbonyl (C=O) groups is 1. The number of phenolic OH excluding ortho intramolecular Hbond substituents is 1. The normalized spacial score (nSPS) is 12.8. The Morgan fingerprint density at radius 1 is 1.50 bits per heavy atom. The van der Waals surface area contributed by atoms with Gasteiger partial charge in [-0.1, -0.05) is 6.92 Å². The van der Waals surface area contributed by atoms with Crippen molar-refractivity contribution in [2.45, 2.75) is 19.3 Å². The number of phenols is 1. The van der Waals surface area contributed by atoms with Crippen LogP contribution in [-0.2, 0) is 4.79 Å². The van der Waals surface area contributed by atoms with Gasteiger partial charge in [-0.15, -0.1) is 0 Å². The molecule has 0 amide bonds. The minimum atomic E-state index is -0.833. The molecule has 0 spiro atoms. The number of benzene rings is 1. The topological polar surface area (TPSA) is 70.7 Å². The zero-order chi connectivity index (χ0) is 11.7. The summed E-state index contributed by atoms with van der Waals surface area (Å²) in [5, 5.41) is 18.9. The van der Waals surface area contributed by atoms with Gasteiger partial charge in [0.2, 0.25) is 0 Å². The number of carboxylic acid groups (broad SMARTS) is 1. The zero-order valence-corrected chi connectivity index (χ0v) is 8.80. The second-order valence-electron chi connectivity index (χ2n) is 3.87. The third-order valence-electron chi connectivity index (χ3n) is 2.60. The Labute approximate surface area is 92.1 Å². The SMILES string of the molecule is CC(CC(=O)O)c1coc2cc(O)ccc12. The van der Waals surface area contributed by atoms with Crippen LogP contribution in [0, 0.1) is 0 Å². The molecule has 0 saturated carbocycles. The lowest BCUT2D eigenvalue weighted by molar-refractivity contribution is -0.137. The third-order valence-corrected chi connectivity index (χ3v) is 2.60. The Balaban J connectivity index is 2.41. The van der Waals surface area contributed by atoms with E-state index >= 15 is 0 Å². The first-order chi connectivity index (χ1) is 7.58. The van der Waals surface area contributed by atoms with Gasteiger partial charge in [-0.2, -0.15) is 0 Å². The highest BCUT2D eigenvalue weighted by atomic mass is 16.4. The monoisotopic (exact) mass is 220 g/mol. The number of furan rings is 1. The summed E-state index contributed by atoms with van der Waals surface area (Å²) in [5.41, 5.74) is 1.43. The first-order valence-corrected chi connectivity index (χ1v) is 5.00. The number of hydrogen-bond acceptors (Lipinski definition) is 3. The minimum Gasteiger partial charge on any atom is -0.508 e. The van der Waals surface area contributed by atoms with E-state index in [0.717, 1.165) is 10.9 Å². The lowest BCUT2D eigenvalue weighted by atomic mass is 9.97. The highest BCUT2D eigenvalue weighted by Crippen LogP contribution is 2.31. The maximum atomic E-state index is 10.6.